The van der Waals surface area contributed by atoms with Crippen LogP contribution in [-0.4, -0.2) is 41.9 Å². The number of ether oxygens (including phenoxy) is 2. The maximum absolute atomic E-state index is 6.06. The van der Waals surface area contributed by atoms with Crippen molar-refractivity contribution in [3.05, 3.63) is 46.6 Å². The number of aryl methyl sites for hydroxylation is 1. The molecule has 0 aliphatic carbocycles. The molecular formula is C19H23ClN4O2S. The third kappa shape index (κ3) is 5.06. The number of thiocarbonyl (C=S) groups is 1. The van der Waals surface area contributed by atoms with Gasteiger partial charge in [0.15, 0.2) is 5.11 Å². The van der Waals surface area contributed by atoms with Gasteiger partial charge in [-0.05, 0) is 49.7 Å². The lowest BCUT2D eigenvalue weighted by Crippen LogP contribution is -2.45. The SMILES string of the molecule is COc1cc(C)nc(NC(=S)NCC2(c3ccc(Cl)cc3)CCOCC2)n1. The number of hydrogen-bond donors (Lipinski definition) is 2. The Morgan fingerprint density at radius 3 is 2.63 bits per heavy atom. The highest BCUT2D eigenvalue weighted by molar-refractivity contribution is 7.80. The van der Waals surface area contributed by atoms with Gasteiger partial charge in [-0.15, -0.1) is 0 Å². The lowest BCUT2D eigenvalue weighted by Gasteiger charge is -2.38. The minimum Gasteiger partial charge on any atom is -0.481 e. The van der Waals surface area contributed by atoms with Crippen LogP contribution < -0.4 is 15.4 Å². The molecule has 0 unspecified atom stereocenters. The second-order valence-electron chi connectivity index (χ2n) is 6.58. The van der Waals surface area contributed by atoms with E-state index in [9.17, 15) is 0 Å². The van der Waals surface area contributed by atoms with Gasteiger partial charge in [0.25, 0.3) is 0 Å². The predicted octanol–water partition coefficient (Wildman–Crippen LogP) is 3.48. The van der Waals surface area contributed by atoms with Crippen molar-refractivity contribution in [3.8, 4) is 5.88 Å². The highest BCUT2D eigenvalue weighted by Crippen LogP contribution is 2.34. The fourth-order valence-corrected chi connectivity index (χ4v) is 3.52. The Kier molecular flexibility index (Phi) is 6.46. The molecule has 0 spiro atoms. The lowest BCUT2D eigenvalue weighted by molar-refractivity contribution is 0.0515. The number of hydrogen-bond acceptors (Lipinski definition) is 5. The van der Waals surface area contributed by atoms with E-state index < -0.39 is 0 Å². The molecule has 0 amide bonds. The van der Waals surface area contributed by atoms with E-state index in [1.807, 2.05) is 19.1 Å². The van der Waals surface area contributed by atoms with Crippen molar-refractivity contribution in [1.29, 1.82) is 0 Å². The molecule has 0 radical (unpaired) electrons. The number of benzene rings is 1. The molecule has 0 saturated carbocycles. The number of rotatable bonds is 5. The van der Waals surface area contributed by atoms with Crippen LogP contribution in [0.15, 0.2) is 30.3 Å². The molecule has 2 N–H and O–H groups in total. The fraction of sp³-hybridized carbons (Fsp3) is 0.421. The number of anilines is 1. The second-order valence-corrected chi connectivity index (χ2v) is 7.43. The van der Waals surface area contributed by atoms with E-state index in [0.29, 0.717) is 23.5 Å². The number of nitrogens with zero attached hydrogens (tertiary/aromatic N) is 2. The first kappa shape index (κ1) is 19.8. The van der Waals surface area contributed by atoms with Crippen LogP contribution in [0, 0.1) is 6.92 Å². The van der Waals surface area contributed by atoms with Crippen LogP contribution in [0.2, 0.25) is 5.02 Å². The van der Waals surface area contributed by atoms with Gasteiger partial charge in [-0.1, -0.05) is 23.7 Å². The van der Waals surface area contributed by atoms with E-state index in [1.165, 1.54) is 5.56 Å². The average Bonchev–Trinajstić information content (AvgIpc) is 2.67. The van der Waals surface area contributed by atoms with E-state index in [1.54, 1.807) is 13.2 Å². The smallest absolute Gasteiger partial charge is 0.232 e. The van der Waals surface area contributed by atoms with E-state index >= 15 is 0 Å². The summed E-state index contributed by atoms with van der Waals surface area (Å²) in [5.74, 6) is 0.909. The summed E-state index contributed by atoms with van der Waals surface area (Å²) in [6.45, 7) is 4.02. The van der Waals surface area contributed by atoms with Crippen molar-refractivity contribution < 1.29 is 9.47 Å². The summed E-state index contributed by atoms with van der Waals surface area (Å²) in [7, 11) is 1.57. The molecule has 1 aliphatic rings. The van der Waals surface area contributed by atoms with Crippen molar-refractivity contribution in [2.45, 2.75) is 25.2 Å². The first-order chi connectivity index (χ1) is 13.0. The van der Waals surface area contributed by atoms with E-state index in [2.05, 4.69) is 32.7 Å². The summed E-state index contributed by atoms with van der Waals surface area (Å²) < 4.78 is 10.8. The fourth-order valence-electron chi connectivity index (χ4n) is 3.23. The Labute approximate surface area is 169 Å². The zero-order valence-electron chi connectivity index (χ0n) is 15.4. The number of aromatic nitrogens is 2. The molecule has 0 atom stereocenters. The van der Waals surface area contributed by atoms with Gasteiger partial charge < -0.3 is 20.1 Å². The van der Waals surface area contributed by atoms with Crippen LogP contribution in [0.25, 0.3) is 0 Å². The Morgan fingerprint density at radius 1 is 1.26 bits per heavy atom. The first-order valence-corrected chi connectivity index (χ1v) is 9.58. The van der Waals surface area contributed by atoms with E-state index in [-0.39, 0.29) is 5.41 Å². The summed E-state index contributed by atoms with van der Waals surface area (Å²) in [5.41, 5.74) is 1.98. The van der Waals surface area contributed by atoms with Crippen LogP contribution in [0.5, 0.6) is 5.88 Å². The topological polar surface area (TPSA) is 68.3 Å². The van der Waals surface area contributed by atoms with Gasteiger partial charge in [0.1, 0.15) is 0 Å². The number of halogens is 1. The van der Waals surface area contributed by atoms with Crippen LogP contribution in [0.4, 0.5) is 5.95 Å². The molecule has 3 rings (SSSR count). The summed E-state index contributed by atoms with van der Waals surface area (Å²) in [4.78, 5) is 8.60. The Bertz CT molecular complexity index is 795. The Balaban J connectivity index is 1.69. The predicted molar refractivity (Wildman–Crippen MR) is 111 cm³/mol. The first-order valence-electron chi connectivity index (χ1n) is 8.79. The molecule has 1 aromatic carbocycles. The monoisotopic (exact) mass is 406 g/mol. The van der Waals surface area contributed by atoms with Gasteiger partial charge in [-0.25, -0.2) is 4.98 Å². The average molecular weight is 407 g/mol. The minimum atomic E-state index is -0.0558. The van der Waals surface area contributed by atoms with Gasteiger partial charge in [0.2, 0.25) is 11.8 Å². The van der Waals surface area contributed by atoms with Gasteiger partial charge in [0.05, 0.1) is 7.11 Å². The van der Waals surface area contributed by atoms with Gasteiger partial charge in [-0.3, -0.25) is 0 Å². The van der Waals surface area contributed by atoms with Crippen LogP contribution >= 0.6 is 23.8 Å². The summed E-state index contributed by atoms with van der Waals surface area (Å²) in [5, 5.41) is 7.57. The molecule has 8 heteroatoms. The summed E-state index contributed by atoms with van der Waals surface area (Å²) >= 11 is 11.5. The normalized spacial score (nSPS) is 15.8. The third-order valence-corrected chi connectivity index (χ3v) is 5.26. The van der Waals surface area contributed by atoms with Gasteiger partial charge in [0, 0.05) is 42.0 Å². The standard InChI is InChI=1S/C19H23ClN4O2S/c1-13-11-16(25-2)23-17(22-13)24-18(27)21-12-19(7-9-26-10-8-19)14-3-5-15(20)6-4-14/h3-6,11H,7-10,12H2,1-2H3,(H2,21,22,23,24,27). The van der Waals surface area contributed by atoms with Crippen LogP contribution in [0.1, 0.15) is 24.1 Å². The molecule has 1 aromatic heterocycles. The number of methoxy groups -OCH3 is 1. The maximum Gasteiger partial charge on any atom is 0.232 e. The highest BCUT2D eigenvalue weighted by Gasteiger charge is 2.34. The molecule has 1 aliphatic heterocycles. The molecule has 27 heavy (non-hydrogen) atoms. The van der Waals surface area contributed by atoms with Crippen LogP contribution in [0.3, 0.4) is 0 Å². The number of nitrogens with one attached hydrogen (secondary N) is 2. The van der Waals surface area contributed by atoms with Crippen molar-refractivity contribution in [3.63, 3.8) is 0 Å². The molecule has 2 aromatic rings. The zero-order valence-corrected chi connectivity index (χ0v) is 17.0. The maximum atomic E-state index is 6.06. The van der Waals surface area contributed by atoms with Crippen LogP contribution in [-0.2, 0) is 10.2 Å². The van der Waals surface area contributed by atoms with Crippen molar-refractivity contribution in [2.75, 3.05) is 32.2 Å². The largest absolute Gasteiger partial charge is 0.481 e. The van der Waals surface area contributed by atoms with E-state index in [4.69, 9.17) is 33.3 Å². The lowest BCUT2D eigenvalue weighted by atomic mass is 9.74. The Hall–Kier alpha value is -1.96. The quantitative estimate of drug-likeness (QED) is 0.736. The minimum absolute atomic E-state index is 0.0558. The molecule has 2 heterocycles. The van der Waals surface area contributed by atoms with Gasteiger partial charge >= 0.3 is 0 Å². The molecule has 6 nitrogen and oxygen atoms in total. The molecule has 0 bridgehead atoms. The molecular weight excluding hydrogens is 384 g/mol. The van der Waals surface area contributed by atoms with Crippen molar-refractivity contribution >= 4 is 34.9 Å². The summed E-state index contributed by atoms with van der Waals surface area (Å²) in [6, 6.07) is 9.79. The molecule has 1 saturated heterocycles. The Morgan fingerprint density at radius 2 is 1.96 bits per heavy atom. The third-order valence-electron chi connectivity index (χ3n) is 4.76. The summed E-state index contributed by atoms with van der Waals surface area (Å²) in [6.07, 6.45) is 1.83. The molecule has 144 valence electrons. The molecule has 1 fully saturated rings. The van der Waals surface area contributed by atoms with E-state index in [0.717, 1.165) is 36.8 Å². The van der Waals surface area contributed by atoms with Crippen molar-refractivity contribution in [2.24, 2.45) is 0 Å². The van der Waals surface area contributed by atoms with Gasteiger partial charge in [-0.2, -0.15) is 4.98 Å². The highest BCUT2D eigenvalue weighted by atomic mass is 35.5. The zero-order chi connectivity index (χ0) is 19.3. The second kappa shape index (κ2) is 8.82. The van der Waals surface area contributed by atoms with Crippen molar-refractivity contribution in [1.82, 2.24) is 15.3 Å².